The highest BCUT2D eigenvalue weighted by atomic mass is 32.2. The van der Waals surface area contributed by atoms with Crippen molar-refractivity contribution in [3.63, 3.8) is 0 Å². The molecule has 4 aliphatic heterocycles. The number of nitrogens with zero attached hydrogens (tertiary/aromatic N) is 5. The zero-order valence-electron chi connectivity index (χ0n) is 21.0. The number of likely N-dealkylation sites (tertiary alicyclic amines) is 1. The monoisotopic (exact) mass is 530 g/mol. The van der Waals surface area contributed by atoms with Crippen LogP contribution in [0.4, 0.5) is 0 Å². The molecule has 2 N–H and O–H groups in total. The fourth-order valence-corrected chi connectivity index (χ4v) is 7.88. The van der Waals surface area contributed by atoms with Crippen LogP contribution < -0.4 is 10.5 Å². The zero-order valence-corrected chi connectivity index (χ0v) is 21.8. The van der Waals surface area contributed by atoms with Gasteiger partial charge >= 0.3 is 0 Å². The van der Waals surface area contributed by atoms with Crippen LogP contribution in [-0.2, 0) is 15.6 Å². The van der Waals surface area contributed by atoms with E-state index in [0.29, 0.717) is 37.5 Å². The van der Waals surface area contributed by atoms with Crippen molar-refractivity contribution in [2.24, 2.45) is 26.7 Å². The Morgan fingerprint density at radius 3 is 2.53 bits per heavy atom. The van der Waals surface area contributed by atoms with E-state index in [2.05, 4.69) is 16.6 Å². The van der Waals surface area contributed by atoms with Gasteiger partial charge in [-0.15, -0.1) is 0 Å². The van der Waals surface area contributed by atoms with Gasteiger partial charge in [0, 0.05) is 29.6 Å². The molecule has 2 saturated heterocycles. The number of aliphatic imine (C=N–C) groups is 2. The quantitative estimate of drug-likeness (QED) is 0.598. The first-order valence-corrected chi connectivity index (χ1v) is 14.1. The Morgan fingerprint density at radius 1 is 1.11 bits per heavy atom. The first-order valence-electron chi connectivity index (χ1n) is 12.8. The lowest BCUT2D eigenvalue weighted by atomic mass is 9.89. The highest BCUT2D eigenvalue weighted by Crippen LogP contribution is 2.43. The predicted molar refractivity (Wildman–Crippen MR) is 149 cm³/mol. The van der Waals surface area contributed by atoms with Crippen LogP contribution >= 0.6 is 0 Å². The minimum atomic E-state index is -1.03. The molecule has 6 rings (SSSR count). The Balaban J connectivity index is 1.23. The number of carbonyl (C=O) groups is 1. The van der Waals surface area contributed by atoms with Gasteiger partial charge in [0.2, 0.25) is 5.91 Å². The summed E-state index contributed by atoms with van der Waals surface area (Å²) in [6.07, 6.45) is 4.70. The van der Waals surface area contributed by atoms with Gasteiger partial charge in [0.1, 0.15) is 29.6 Å². The van der Waals surface area contributed by atoms with E-state index in [1.165, 1.54) is 12.4 Å². The van der Waals surface area contributed by atoms with E-state index in [0.717, 1.165) is 29.2 Å². The van der Waals surface area contributed by atoms with Crippen molar-refractivity contribution in [2.75, 3.05) is 18.8 Å². The van der Waals surface area contributed by atoms with Gasteiger partial charge in [0.05, 0.1) is 16.5 Å². The van der Waals surface area contributed by atoms with Gasteiger partial charge < -0.3 is 15.4 Å². The lowest BCUT2D eigenvalue weighted by Crippen LogP contribution is -2.48. The number of carbonyl (C=O) groups excluding carboxylic acids is 1. The molecule has 0 saturated carbocycles. The normalized spacial score (nSPS) is 27.6. The highest BCUT2D eigenvalue weighted by molar-refractivity contribution is 7.86. The Hall–Kier alpha value is -3.79. The van der Waals surface area contributed by atoms with Crippen LogP contribution in [0.2, 0.25) is 0 Å². The molecule has 10 heteroatoms. The summed E-state index contributed by atoms with van der Waals surface area (Å²) in [6.45, 7) is 4.78. The van der Waals surface area contributed by atoms with E-state index < -0.39 is 10.8 Å². The van der Waals surface area contributed by atoms with Crippen LogP contribution in [0, 0.1) is 5.92 Å². The minimum Gasteiger partial charge on any atom is -0.457 e. The fraction of sp³-hybridized carbons (Fsp3) is 0.357. The van der Waals surface area contributed by atoms with Crippen LogP contribution in [0.25, 0.3) is 0 Å². The zero-order chi connectivity index (χ0) is 26.3. The number of rotatable bonds is 5. The molecule has 4 atom stereocenters. The van der Waals surface area contributed by atoms with Crippen molar-refractivity contribution in [3.8, 4) is 11.5 Å². The van der Waals surface area contributed by atoms with Gasteiger partial charge in [-0.1, -0.05) is 24.8 Å². The van der Waals surface area contributed by atoms with Gasteiger partial charge in [0.15, 0.2) is 6.17 Å². The third kappa shape index (κ3) is 4.32. The highest BCUT2D eigenvalue weighted by Gasteiger charge is 2.53. The summed E-state index contributed by atoms with van der Waals surface area (Å²) in [5.74, 6) is 2.14. The standard InChI is InChI=1S/C28H30N6O3S/c1-2-23(35)33-14-12-28(13-15-33)16-20(17-38(28)36)34-27-24(26(29)30-18-31-27)25(32-34)19-8-10-22(11-9-19)37-21-6-4-3-5-7-21/h2-11,18,20,24,27H,1,12-17H2,(H2,29,30,31). The number of ether oxygens (including phenoxy) is 1. The van der Waals surface area contributed by atoms with Crippen molar-refractivity contribution >= 4 is 34.6 Å². The van der Waals surface area contributed by atoms with Gasteiger partial charge in [0.25, 0.3) is 0 Å². The summed E-state index contributed by atoms with van der Waals surface area (Å²) in [5.41, 5.74) is 8.10. The van der Waals surface area contributed by atoms with E-state index in [1.54, 1.807) is 4.90 Å². The number of fused-ring (bicyclic) bond motifs is 1. The summed E-state index contributed by atoms with van der Waals surface area (Å²) >= 11 is 0. The molecule has 1 spiro atoms. The summed E-state index contributed by atoms with van der Waals surface area (Å²) in [7, 11) is -1.03. The minimum absolute atomic E-state index is 0.0359. The molecule has 0 radical (unpaired) electrons. The van der Waals surface area contributed by atoms with Crippen LogP contribution in [0.15, 0.2) is 82.3 Å². The number of nitrogens with two attached hydrogens (primary N) is 1. The first kappa shape index (κ1) is 24.5. The molecular weight excluding hydrogens is 500 g/mol. The molecule has 38 heavy (non-hydrogen) atoms. The number of benzene rings is 2. The molecule has 4 aliphatic rings. The molecule has 0 aliphatic carbocycles. The average molecular weight is 531 g/mol. The molecule has 4 unspecified atom stereocenters. The van der Waals surface area contributed by atoms with Gasteiger partial charge in [-0.05, 0) is 67.3 Å². The molecule has 0 aromatic heterocycles. The predicted octanol–water partition coefficient (Wildman–Crippen LogP) is 2.91. The SMILES string of the molecule is C=CC(=O)N1CCC2(CC1)CC(N1N=C(c3ccc(Oc4ccccc4)cc3)C3C(N)=NC=NC31)CS2=O. The van der Waals surface area contributed by atoms with Crippen molar-refractivity contribution in [2.45, 2.75) is 36.2 Å². The number of piperidine rings is 1. The topological polar surface area (TPSA) is 113 Å². The Labute approximate surface area is 224 Å². The number of amidine groups is 1. The van der Waals surface area contributed by atoms with Crippen LogP contribution in [0.1, 0.15) is 24.8 Å². The van der Waals surface area contributed by atoms with E-state index in [9.17, 15) is 9.00 Å². The number of hydrogen-bond acceptors (Lipinski definition) is 8. The maximum atomic E-state index is 13.4. The summed E-state index contributed by atoms with van der Waals surface area (Å²) in [5, 5.41) is 7.04. The Morgan fingerprint density at radius 2 is 1.82 bits per heavy atom. The number of para-hydroxylation sites is 1. The van der Waals surface area contributed by atoms with E-state index in [1.807, 2.05) is 59.6 Å². The second-order valence-corrected chi connectivity index (χ2v) is 12.0. The summed E-state index contributed by atoms with van der Waals surface area (Å²) < 4.78 is 19.1. The molecule has 2 aromatic rings. The smallest absolute Gasteiger partial charge is 0.245 e. The van der Waals surface area contributed by atoms with E-state index in [4.69, 9.17) is 15.6 Å². The van der Waals surface area contributed by atoms with Crippen molar-refractivity contribution in [1.82, 2.24) is 9.91 Å². The summed E-state index contributed by atoms with van der Waals surface area (Å²) in [4.78, 5) is 22.8. The molecule has 0 bridgehead atoms. The fourth-order valence-electron chi connectivity index (χ4n) is 5.89. The number of amides is 1. The number of hydrazone groups is 1. The molecule has 196 valence electrons. The molecule has 9 nitrogen and oxygen atoms in total. The molecule has 2 aromatic carbocycles. The maximum Gasteiger partial charge on any atom is 0.245 e. The van der Waals surface area contributed by atoms with Crippen molar-refractivity contribution in [1.29, 1.82) is 0 Å². The van der Waals surface area contributed by atoms with Gasteiger partial charge in [-0.2, -0.15) is 5.10 Å². The van der Waals surface area contributed by atoms with Crippen molar-refractivity contribution < 1.29 is 13.7 Å². The third-order valence-corrected chi connectivity index (χ3v) is 10.2. The van der Waals surface area contributed by atoms with Crippen LogP contribution in [-0.4, -0.2) is 73.7 Å². The largest absolute Gasteiger partial charge is 0.457 e. The van der Waals surface area contributed by atoms with E-state index in [-0.39, 0.29) is 28.8 Å². The summed E-state index contributed by atoms with van der Waals surface area (Å²) in [6, 6.07) is 17.4. The van der Waals surface area contributed by atoms with Crippen LogP contribution in [0.5, 0.6) is 11.5 Å². The van der Waals surface area contributed by atoms with Crippen LogP contribution in [0.3, 0.4) is 0 Å². The molecular formula is C28H30N6O3S. The molecule has 2 fully saturated rings. The average Bonchev–Trinajstić information content (AvgIpc) is 3.48. The molecule has 1 amide bonds. The van der Waals surface area contributed by atoms with Gasteiger partial charge in [-0.25, -0.2) is 9.98 Å². The van der Waals surface area contributed by atoms with Gasteiger partial charge in [-0.3, -0.25) is 14.0 Å². The maximum absolute atomic E-state index is 13.4. The third-order valence-electron chi connectivity index (χ3n) is 7.93. The Kier molecular flexibility index (Phi) is 6.35. The lowest BCUT2D eigenvalue weighted by molar-refractivity contribution is -0.127. The second-order valence-electron chi connectivity index (χ2n) is 10.1. The van der Waals surface area contributed by atoms with Crippen molar-refractivity contribution in [3.05, 3.63) is 72.8 Å². The second kappa shape index (κ2) is 9.83. The number of hydrogen-bond donors (Lipinski definition) is 1. The Bertz CT molecular complexity index is 1350. The van der Waals surface area contributed by atoms with E-state index >= 15 is 0 Å². The molecule has 4 heterocycles. The lowest BCUT2D eigenvalue weighted by Gasteiger charge is -2.38. The first-order chi connectivity index (χ1) is 18.5.